The fourth-order valence-electron chi connectivity index (χ4n) is 3.53. The van der Waals surface area contributed by atoms with Crippen LogP contribution in [0.15, 0.2) is 60.7 Å². The van der Waals surface area contributed by atoms with Crippen molar-refractivity contribution in [2.24, 2.45) is 0 Å². The molecule has 0 fully saturated rings. The summed E-state index contributed by atoms with van der Waals surface area (Å²) >= 11 is 0. The van der Waals surface area contributed by atoms with E-state index in [1.807, 2.05) is 56.3 Å². The van der Waals surface area contributed by atoms with Crippen LogP contribution in [-0.4, -0.2) is 36.6 Å². The van der Waals surface area contributed by atoms with Crippen molar-refractivity contribution in [2.75, 3.05) is 25.6 Å². The molecule has 0 amide bonds. The largest absolute Gasteiger partial charge is 0.454 e. The Balaban J connectivity index is 1.66. The van der Waals surface area contributed by atoms with Gasteiger partial charge in [-0.2, -0.15) is 0 Å². The highest BCUT2D eigenvalue weighted by Crippen LogP contribution is 2.22. The number of carbonyl (C=O) groups is 2. The maximum Gasteiger partial charge on any atom is 0.340 e. The zero-order chi connectivity index (χ0) is 22.2. The minimum absolute atomic E-state index is 0.215. The van der Waals surface area contributed by atoms with Gasteiger partial charge in [-0.25, -0.2) is 4.79 Å². The molecule has 0 aliphatic rings. The second-order valence-corrected chi connectivity index (χ2v) is 7.32. The van der Waals surface area contributed by atoms with Gasteiger partial charge in [0.25, 0.3) is 0 Å². The first-order chi connectivity index (χ1) is 15.0. The maximum atomic E-state index is 12.7. The Kier molecular flexibility index (Phi) is 7.62. The zero-order valence-corrected chi connectivity index (χ0v) is 18.2. The highest BCUT2D eigenvalue weighted by atomic mass is 16.5. The molecule has 0 aliphatic carbocycles. The van der Waals surface area contributed by atoms with Crippen molar-refractivity contribution in [3.8, 4) is 0 Å². The minimum atomic E-state index is -0.540. The normalized spacial score (nSPS) is 10.7. The van der Waals surface area contributed by atoms with Crippen LogP contribution in [0.1, 0.15) is 38.5 Å². The van der Waals surface area contributed by atoms with E-state index in [1.54, 1.807) is 25.3 Å². The number of rotatable bonds is 10. The average Bonchev–Trinajstić information content (AvgIpc) is 3.07. The summed E-state index contributed by atoms with van der Waals surface area (Å²) < 4.78 is 12.6. The first-order valence-electron chi connectivity index (χ1n) is 10.3. The number of para-hydroxylation sites is 2. The predicted octanol–water partition coefficient (Wildman–Crippen LogP) is 4.92. The second kappa shape index (κ2) is 10.6. The van der Waals surface area contributed by atoms with E-state index in [-0.39, 0.29) is 12.4 Å². The Labute approximate surface area is 182 Å². The van der Waals surface area contributed by atoms with E-state index < -0.39 is 5.97 Å². The van der Waals surface area contributed by atoms with Gasteiger partial charge in [-0.1, -0.05) is 30.3 Å². The standard InChI is InChI=1S/C25H28N2O4/c1-18-16-22(19(2)27(18)14-9-15-30-3)24(28)17-31-25(29)21-12-7-8-13-23(21)26-20-10-5-4-6-11-20/h4-8,10-13,16,26H,9,14-15,17H2,1-3H3. The molecular formula is C25H28N2O4. The van der Waals surface area contributed by atoms with Gasteiger partial charge >= 0.3 is 5.97 Å². The molecule has 3 rings (SSSR count). The SMILES string of the molecule is COCCCn1c(C)cc(C(=O)COC(=O)c2ccccc2Nc2ccccc2)c1C. The van der Waals surface area contributed by atoms with Crippen LogP contribution in [0.2, 0.25) is 0 Å². The van der Waals surface area contributed by atoms with Gasteiger partial charge in [0, 0.05) is 42.9 Å². The van der Waals surface area contributed by atoms with E-state index in [0.717, 1.165) is 30.0 Å². The Hall–Kier alpha value is -3.38. The molecule has 0 aliphatic heterocycles. The van der Waals surface area contributed by atoms with Crippen molar-refractivity contribution in [1.29, 1.82) is 0 Å². The van der Waals surface area contributed by atoms with Gasteiger partial charge in [0.15, 0.2) is 6.61 Å². The van der Waals surface area contributed by atoms with E-state index in [1.165, 1.54) is 0 Å². The van der Waals surface area contributed by atoms with Crippen LogP contribution < -0.4 is 5.32 Å². The molecule has 2 aromatic carbocycles. The molecule has 6 nitrogen and oxygen atoms in total. The molecule has 1 aromatic heterocycles. The lowest BCUT2D eigenvalue weighted by Gasteiger charge is -2.12. The van der Waals surface area contributed by atoms with Crippen LogP contribution in [0.5, 0.6) is 0 Å². The van der Waals surface area contributed by atoms with Crippen LogP contribution in [0.4, 0.5) is 11.4 Å². The Morgan fingerprint density at radius 2 is 1.68 bits per heavy atom. The molecule has 1 N–H and O–H groups in total. The molecule has 0 saturated heterocycles. The number of anilines is 2. The van der Waals surface area contributed by atoms with Crippen molar-refractivity contribution < 1.29 is 19.1 Å². The number of aromatic nitrogens is 1. The summed E-state index contributed by atoms with van der Waals surface area (Å²) in [4.78, 5) is 25.4. The number of nitrogens with one attached hydrogen (secondary N) is 1. The highest BCUT2D eigenvalue weighted by molar-refractivity contribution is 6.02. The number of nitrogens with zero attached hydrogens (tertiary/aromatic N) is 1. The lowest BCUT2D eigenvalue weighted by Crippen LogP contribution is -2.16. The summed E-state index contributed by atoms with van der Waals surface area (Å²) in [6.45, 7) is 5.01. The smallest absolute Gasteiger partial charge is 0.340 e. The van der Waals surface area contributed by atoms with Crippen LogP contribution in [0.3, 0.4) is 0 Å². The summed E-state index contributed by atoms with van der Waals surface area (Å²) in [6, 6.07) is 18.5. The van der Waals surface area contributed by atoms with Crippen molar-refractivity contribution >= 4 is 23.1 Å². The number of ether oxygens (including phenoxy) is 2. The summed E-state index contributed by atoms with van der Waals surface area (Å²) in [7, 11) is 1.67. The van der Waals surface area contributed by atoms with Crippen molar-refractivity contribution in [3.05, 3.63) is 83.2 Å². The topological polar surface area (TPSA) is 69.6 Å². The van der Waals surface area contributed by atoms with Gasteiger partial charge < -0.3 is 19.4 Å². The van der Waals surface area contributed by atoms with Gasteiger partial charge in [-0.15, -0.1) is 0 Å². The molecule has 0 atom stereocenters. The van der Waals surface area contributed by atoms with Crippen LogP contribution in [0.25, 0.3) is 0 Å². The van der Waals surface area contributed by atoms with Crippen molar-refractivity contribution in [1.82, 2.24) is 4.57 Å². The molecule has 0 saturated carbocycles. The minimum Gasteiger partial charge on any atom is -0.454 e. The summed E-state index contributed by atoms with van der Waals surface area (Å²) in [6.07, 6.45) is 0.862. The number of aryl methyl sites for hydroxylation is 1. The lowest BCUT2D eigenvalue weighted by atomic mass is 10.1. The van der Waals surface area contributed by atoms with E-state index in [2.05, 4.69) is 9.88 Å². The van der Waals surface area contributed by atoms with Gasteiger partial charge in [0.1, 0.15) is 0 Å². The number of Topliss-reactive ketones (excluding diaryl/α,β-unsaturated/α-hetero) is 1. The third-order valence-electron chi connectivity index (χ3n) is 5.14. The number of benzene rings is 2. The monoisotopic (exact) mass is 420 g/mol. The molecule has 0 unspecified atom stereocenters. The third kappa shape index (κ3) is 5.61. The quantitative estimate of drug-likeness (QED) is 0.286. The predicted molar refractivity (Wildman–Crippen MR) is 121 cm³/mol. The van der Waals surface area contributed by atoms with E-state index in [9.17, 15) is 9.59 Å². The number of esters is 1. The number of hydrogen-bond acceptors (Lipinski definition) is 5. The first-order valence-corrected chi connectivity index (χ1v) is 10.3. The summed E-state index contributed by atoms with van der Waals surface area (Å²) in [5.41, 5.74) is 4.33. The van der Waals surface area contributed by atoms with Crippen LogP contribution in [-0.2, 0) is 16.0 Å². The molecule has 0 spiro atoms. The highest BCUT2D eigenvalue weighted by Gasteiger charge is 2.19. The number of carbonyl (C=O) groups excluding carboxylic acids is 2. The fraction of sp³-hybridized carbons (Fsp3) is 0.280. The van der Waals surface area contributed by atoms with E-state index in [0.29, 0.717) is 23.4 Å². The average molecular weight is 421 g/mol. The van der Waals surface area contributed by atoms with Crippen molar-refractivity contribution in [3.63, 3.8) is 0 Å². The first kappa shape index (κ1) is 22.3. The number of ketones is 1. The lowest BCUT2D eigenvalue weighted by molar-refractivity contribution is 0.0475. The fourth-order valence-corrected chi connectivity index (χ4v) is 3.53. The number of hydrogen-bond donors (Lipinski definition) is 1. The molecule has 0 radical (unpaired) electrons. The zero-order valence-electron chi connectivity index (χ0n) is 18.2. The Morgan fingerprint density at radius 1 is 0.968 bits per heavy atom. The second-order valence-electron chi connectivity index (χ2n) is 7.32. The molecule has 1 heterocycles. The van der Waals surface area contributed by atoms with Gasteiger partial charge in [0.05, 0.1) is 11.3 Å². The molecule has 6 heteroatoms. The third-order valence-corrected chi connectivity index (χ3v) is 5.14. The van der Waals surface area contributed by atoms with Gasteiger partial charge in [-0.3, -0.25) is 4.79 Å². The Morgan fingerprint density at radius 3 is 2.42 bits per heavy atom. The molecule has 3 aromatic rings. The molecule has 0 bridgehead atoms. The Bertz CT molecular complexity index is 1040. The van der Waals surface area contributed by atoms with Gasteiger partial charge in [-0.05, 0) is 50.6 Å². The summed E-state index contributed by atoms with van der Waals surface area (Å²) in [5.74, 6) is -0.755. The van der Waals surface area contributed by atoms with Crippen LogP contribution >= 0.6 is 0 Å². The van der Waals surface area contributed by atoms with E-state index >= 15 is 0 Å². The molecular weight excluding hydrogens is 392 g/mol. The van der Waals surface area contributed by atoms with E-state index in [4.69, 9.17) is 9.47 Å². The summed E-state index contributed by atoms with van der Waals surface area (Å²) in [5, 5.41) is 3.22. The molecule has 31 heavy (non-hydrogen) atoms. The molecule has 162 valence electrons. The van der Waals surface area contributed by atoms with Crippen LogP contribution in [0, 0.1) is 13.8 Å². The number of methoxy groups -OCH3 is 1. The van der Waals surface area contributed by atoms with Crippen molar-refractivity contribution in [2.45, 2.75) is 26.8 Å². The maximum absolute atomic E-state index is 12.7. The van der Waals surface area contributed by atoms with Gasteiger partial charge in [0.2, 0.25) is 5.78 Å².